The van der Waals surface area contributed by atoms with E-state index >= 15 is 0 Å². The molecular formula is C28H21ClF2N2O3. The number of phenolic OH excluding ortho intramolecular Hbond substituents is 1. The molecule has 0 aromatic heterocycles. The Hall–Kier alpha value is -3.97. The number of aromatic hydroxyl groups is 1. The first-order chi connectivity index (χ1) is 17.3. The predicted molar refractivity (Wildman–Crippen MR) is 132 cm³/mol. The zero-order chi connectivity index (χ0) is 25.6. The van der Waals surface area contributed by atoms with Crippen LogP contribution < -0.4 is 5.43 Å². The first-order valence-electron chi connectivity index (χ1n) is 11.3. The number of rotatable bonds is 5. The number of para-hydroxylation sites is 1. The van der Waals surface area contributed by atoms with Gasteiger partial charge >= 0.3 is 0 Å². The van der Waals surface area contributed by atoms with Gasteiger partial charge in [0.15, 0.2) is 11.6 Å². The van der Waals surface area contributed by atoms with E-state index in [0.717, 1.165) is 11.1 Å². The molecule has 1 fully saturated rings. The van der Waals surface area contributed by atoms with Gasteiger partial charge in [-0.1, -0.05) is 54.6 Å². The number of amides is 2. The van der Waals surface area contributed by atoms with Crippen molar-refractivity contribution in [3.05, 3.63) is 119 Å². The van der Waals surface area contributed by atoms with Crippen LogP contribution in [0.15, 0.2) is 91.0 Å². The van der Waals surface area contributed by atoms with Crippen LogP contribution in [0.25, 0.3) is 0 Å². The standard InChI is InChI=1S/C28H21ClF2N2O3/c1-2-16-6-15-22-26(35)33(32-20-13-11-19(30)12-14-20)27(36)28(22,17-7-9-18(29)10-8-17)24(16)21-4-3-5-23(31)25(21)34/h2-14,22,24,32,34H,1,15H2. The van der Waals surface area contributed by atoms with Gasteiger partial charge in [-0.2, -0.15) is 5.01 Å². The van der Waals surface area contributed by atoms with Gasteiger partial charge in [0.1, 0.15) is 5.82 Å². The summed E-state index contributed by atoms with van der Waals surface area (Å²) in [6.07, 6.45) is 3.55. The summed E-state index contributed by atoms with van der Waals surface area (Å²) in [5.41, 5.74) is 2.83. The molecule has 8 heteroatoms. The number of hydrazine groups is 1. The van der Waals surface area contributed by atoms with E-state index in [0.29, 0.717) is 21.8 Å². The first-order valence-corrected chi connectivity index (χ1v) is 11.6. The largest absolute Gasteiger partial charge is 0.505 e. The summed E-state index contributed by atoms with van der Waals surface area (Å²) in [4.78, 5) is 28.1. The van der Waals surface area contributed by atoms with Crippen LogP contribution in [0.2, 0.25) is 5.02 Å². The normalized spacial score (nSPS) is 23.3. The molecule has 3 aromatic rings. The zero-order valence-corrected chi connectivity index (χ0v) is 19.7. The zero-order valence-electron chi connectivity index (χ0n) is 18.9. The molecule has 5 rings (SSSR count). The second-order valence-corrected chi connectivity index (χ2v) is 9.22. The Morgan fingerprint density at radius 1 is 1.06 bits per heavy atom. The highest BCUT2D eigenvalue weighted by Crippen LogP contribution is 2.58. The molecule has 1 heterocycles. The van der Waals surface area contributed by atoms with E-state index in [9.17, 15) is 23.5 Å². The minimum Gasteiger partial charge on any atom is -0.505 e. The maximum atomic E-state index is 14.5. The summed E-state index contributed by atoms with van der Waals surface area (Å²) in [5, 5.41) is 12.1. The Balaban J connectivity index is 1.75. The van der Waals surface area contributed by atoms with Crippen LogP contribution >= 0.6 is 11.6 Å². The summed E-state index contributed by atoms with van der Waals surface area (Å²) in [6.45, 7) is 3.88. The Bertz CT molecular complexity index is 1410. The lowest BCUT2D eigenvalue weighted by molar-refractivity contribution is -0.138. The van der Waals surface area contributed by atoms with Crippen LogP contribution in [-0.2, 0) is 15.0 Å². The average Bonchev–Trinajstić information content (AvgIpc) is 3.09. The molecule has 1 aliphatic heterocycles. The van der Waals surface area contributed by atoms with Crippen molar-refractivity contribution in [2.24, 2.45) is 5.92 Å². The highest BCUT2D eigenvalue weighted by molar-refractivity contribution is 6.30. The molecule has 0 radical (unpaired) electrons. The fraction of sp³-hybridized carbons (Fsp3) is 0.143. The molecule has 2 N–H and O–H groups in total. The number of hydrogen-bond acceptors (Lipinski definition) is 4. The minimum absolute atomic E-state index is 0.158. The van der Waals surface area contributed by atoms with Crippen LogP contribution in [0.3, 0.4) is 0 Å². The number of phenols is 1. The molecular weight excluding hydrogens is 486 g/mol. The molecule has 0 spiro atoms. The lowest BCUT2D eigenvalue weighted by Crippen LogP contribution is -2.48. The Morgan fingerprint density at radius 3 is 2.42 bits per heavy atom. The monoisotopic (exact) mass is 506 g/mol. The van der Waals surface area contributed by atoms with Gasteiger partial charge in [-0.25, -0.2) is 8.78 Å². The smallest absolute Gasteiger partial charge is 0.260 e. The SMILES string of the molecule is C=CC1=CCC2C(=O)N(Nc3ccc(F)cc3)C(=O)C2(c2ccc(Cl)cc2)C1c1cccc(F)c1O. The van der Waals surface area contributed by atoms with E-state index in [1.807, 2.05) is 0 Å². The summed E-state index contributed by atoms with van der Waals surface area (Å²) < 4.78 is 28.0. The molecule has 36 heavy (non-hydrogen) atoms. The summed E-state index contributed by atoms with van der Waals surface area (Å²) >= 11 is 6.14. The average molecular weight is 507 g/mol. The van der Waals surface area contributed by atoms with Crippen LogP contribution in [0.5, 0.6) is 5.75 Å². The number of fused-ring (bicyclic) bond motifs is 1. The third-order valence-corrected chi connectivity index (χ3v) is 7.23. The van der Waals surface area contributed by atoms with Crippen LogP contribution in [-0.4, -0.2) is 21.9 Å². The fourth-order valence-corrected chi connectivity index (χ4v) is 5.52. The van der Waals surface area contributed by atoms with Crippen molar-refractivity contribution in [3.8, 4) is 5.75 Å². The van der Waals surface area contributed by atoms with Crippen molar-refractivity contribution >= 4 is 29.1 Å². The van der Waals surface area contributed by atoms with Crippen molar-refractivity contribution in [2.45, 2.75) is 17.8 Å². The number of carbonyl (C=O) groups is 2. The lowest BCUT2D eigenvalue weighted by atomic mass is 9.56. The number of nitrogens with one attached hydrogen (secondary N) is 1. The topological polar surface area (TPSA) is 69.6 Å². The number of benzene rings is 3. The van der Waals surface area contributed by atoms with Crippen molar-refractivity contribution in [2.75, 3.05) is 5.43 Å². The summed E-state index contributed by atoms with van der Waals surface area (Å²) in [7, 11) is 0. The van der Waals surface area contributed by atoms with Crippen LogP contribution in [0.1, 0.15) is 23.5 Å². The van der Waals surface area contributed by atoms with Gasteiger partial charge in [-0.05, 0) is 60.0 Å². The third kappa shape index (κ3) is 3.50. The van der Waals surface area contributed by atoms with Gasteiger partial charge in [0.05, 0.1) is 17.0 Å². The fourth-order valence-electron chi connectivity index (χ4n) is 5.40. The third-order valence-electron chi connectivity index (χ3n) is 6.97. The maximum Gasteiger partial charge on any atom is 0.260 e. The number of carbonyl (C=O) groups excluding carboxylic acids is 2. The van der Waals surface area contributed by atoms with Gasteiger partial charge in [0, 0.05) is 16.5 Å². The Kier molecular flexibility index (Phi) is 5.88. The molecule has 2 amide bonds. The number of allylic oxidation sites excluding steroid dienone is 3. The summed E-state index contributed by atoms with van der Waals surface area (Å²) in [6, 6.07) is 15.9. The van der Waals surface area contributed by atoms with E-state index in [2.05, 4.69) is 12.0 Å². The van der Waals surface area contributed by atoms with Crippen molar-refractivity contribution in [1.29, 1.82) is 0 Å². The molecule has 5 nitrogen and oxygen atoms in total. The van der Waals surface area contributed by atoms with Gasteiger partial charge in [0.2, 0.25) is 0 Å². The van der Waals surface area contributed by atoms with Crippen molar-refractivity contribution < 1.29 is 23.5 Å². The number of halogens is 3. The molecule has 182 valence electrons. The second-order valence-electron chi connectivity index (χ2n) is 8.78. The van der Waals surface area contributed by atoms with E-state index in [1.54, 1.807) is 36.4 Å². The quantitative estimate of drug-likeness (QED) is 0.424. The van der Waals surface area contributed by atoms with E-state index in [-0.39, 0.29) is 12.0 Å². The van der Waals surface area contributed by atoms with E-state index < -0.39 is 46.4 Å². The molecule has 3 unspecified atom stereocenters. The van der Waals surface area contributed by atoms with Crippen LogP contribution in [0.4, 0.5) is 14.5 Å². The highest BCUT2D eigenvalue weighted by atomic mass is 35.5. The molecule has 0 saturated carbocycles. The molecule has 1 saturated heterocycles. The maximum absolute atomic E-state index is 14.5. The molecule has 2 aliphatic rings. The van der Waals surface area contributed by atoms with Gasteiger partial charge < -0.3 is 5.11 Å². The van der Waals surface area contributed by atoms with Crippen molar-refractivity contribution in [3.63, 3.8) is 0 Å². The van der Waals surface area contributed by atoms with Crippen LogP contribution in [0, 0.1) is 17.6 Å². The second kappa shape index (κ2) is 8.91. The first kappa shape index (κ1) is 23.8. The van der Waals surface area contributed by atoms with Crippen molar-refractivity contribution in [1.82, 2.24) is 5.01 Å². The Morgan fingerprint density at radius 2 is 1.75 bits per heavy atom. The molecule has 0 bridgehead atoms. The van der Waals surface area contributed by atoms with Gasteiger partial charge in [-0.15, -0.1) is 0 Å². The number of nitrogens with zero attached hydrogens (tertiary/aromatic N) is 1. The minimum atomic E-state index is -1.54. The predicted octanol–water partition coefficient (Wildman–Crippen LogP) is 5.87. The lowest BCUT2D eigenvalue weighted by Gasteiger charge is -2.43. The molecule has 3 atom stereocenters. The Labute approximate surface area is 211 Å². The van der Waals surface area contributed by atoms with E-state index in [1.165, 1.54) is 36.4 Å². The molecule has 1 aliphatic carbocycles. The highest BCUT2D eigenvalue weighted by Gasteiger charge is 2.66. The van der Waals surface area contributed by atoms with Gasteiger partial charge in [0.25, 0.3) is 11.8 Å². The number of imide groups is 1. The van der Waals surface area contributed by atoms with E-state index in [4.69, 9.17) is 11.6 Å². The summed E-state index contributed by atoms with van der Waals surface area (Å²) in [5.74, 6) is -4.81. The number of hydrogen-bond donors (Lipinski definition) is 2. The molecule has 3 aromatic carbocycles. The van der Waals surface area contributed by atoms with Gasteiger partial charge in [-0.3, -0.25) is 15.0 Å². The number of anilines is 1.